The summed E-state index contributed by atoms with van der Waals surface area (Å²) in [4.78, 5) is 42.6. The Labute approximate surface area is 113 Å². The van der Waals surface area contributed by atoms with E-state index in [1.165, 1.54) is 23.2 Å². The van der Waals surface area contributed by atoms with Crippen LogP contribution in [0.3, 0.4) is 0 Å². The van der Waals surface area contributed by atoms with Crippen molar-refractivity contribution < 1.29 is 9.59 Å². The minimum Gasteiger partial charge on any atom is -0.338 e. The van der Waals surface area contributed by atoms with Gasteiger partial charge in [0.1, 0.15) is 16.3 Å². The highest BCUT2D eigenvalue weighted by Crippen LogP contribution is 2.14. The van der Waals surface area contributed by atoms with Gasteiger partial charge in [-0.2, -0.15) is 0 Å². The van der Waals surface area contributed by atoms with Crippen LogP contribution in [0.1, 0.15) is 19.2 Å². The van der Waals surface area contributed by atoms with Crippen molar-refractivity contribution in [2.75, 3.05) is 7.05 Å². The monoisotopic (exact) mass is 279 g/mol. The van der Waals surface area contributed by atoms with Gasteiger partial charge >= 0.3 is 0 Å². The summed E-state index contributed by atoms with van der Waals surface area (Å²) in [5.41, 5.74) is 0.415. The molecule has 2 heterocycles. The van der Waals surface area contributed by atoms with Gasteiger partial charge in [0, 0.05) is 7.05 Å². The molecule has 7 heteroatoms. The van der Waals surface area contributed by atoms with E-state index in [0.29, 0.717) is 16.0 Å². The lowest BCUT2D eigenvalue weighted by atomic mass is 10.3. The van der Waals surface area contributed by atoms with Crippen LogP contribution in [0.15, 0.2) is 16.2 Å². The second-order valence-corrected chi connectivity index (χ2v) is 5.19. The molecular weight excluding hydrogens is 266 g/mol. The summed E-state index contributed by atoms with van der Waals surface area (Å²) in [6.07, 6.45) is -0.137. The Morgan fingerprint density at radius 2 is 2.21 bits per heavy atom. The molecule has 19 heavy (non-hydrogen) atoms. The van der Waals surface area contributed by atoms with E-state index in [9.17, 15) is 14.4 Å². The van der Waals surface area contributed by atoms with Crippen molar-refractivity contribution in [1.82, 2.24) is 14.9 Å². The molecule has 0 spiro atoms. The third-order valence-electron chi connectivity index (χ3n) is 2.58. The molecule has 0 bridgehead atoms. The van der Waals surface area contributed by atoms with Crippen molar-refractivity contribution >= 4 is 33.2 Å². The van der Waals surface area contributed by atoms with Crippen LogP contribution in [0.2, 0.25) is 0 Å². The minimum absolute atomic E-state index is 0.137. The molecule has 0 saturated carbocycles. The van der Waals surface area contributed by atoms with Gasteiger partial charge in [0.15, 0.2) is 0 Å². The Balaban J connectivity index is 2.19. The summed E-state index contributed by atoms with van der Waals surface area (Å²) in [5.74, 6) is -0.0672. The zero-order valence-corrected chi connectivity index (χ0v) is 11.4. The number of carbonyl (C=O) groups is 2. The maximum absolute atomic E-state index is 11.7. The predicted molar refractivity (Wildman–Crippen MR) is 72.0 cm³/mol. The van der Waals surface area contributed by atoms with E-state index >= 15 is 0 Å². The molecule has 0 radical (unpaired) electrons. The van der Waals surface area contributed by atoms with Crippen LogP contribution in [0.4, 0.5) is 0 Å². The third kappa shape index (κ3) is 3.05. The van der Waals surface area contributed by atoms with Gasteiger partial charge in [-0.25, -0.2) is 4.98 Å². The molecule has 0 saturated heterocycles. The number of rotatable bonds is 4. The zero-order chi connectivity index (χ0) is 14.0. The first-order chi connectivity index (χ1) is 8.97. The van der Waals surface area contributed by atoms with Gasteiger partial charge in [-0.1, -0.05) is 0 Å². The summed E-state index contributed by atoms with van der Waals surface area (Å²) >= 11 is 1.32. The number of Topliss-reactive ketones (excluding diaryl/α,β-unsaturated/α-hetero) is 1. The normalized spacial score (nSPS) is 10.6. The summed E-state index contributed by atoms with van der Waals surface area (Å²) in [6.45, 7) is 1.54. The number of ketones is 1. The van der Waals surface area contributed by atoms with Crippen molar-refractivity contribution in [3.8, 4) is 0 Å². The van der Waals surface area contributed by atoms with Crippen LogP contribution in [-0.4, -0.2) is 33.6 Å². The van der Waals surface area contributed by atoms with Crippen molar-refractivity contribution in [1.29, 1.82) is 0 Å². The van der Waals surface area contributed by atoms with E-state index in [0.717, 1.165) is 0 Å². The van der Waals surface area contributed by atoms with E-state index in [-0.39, 0.29) is 30.2 Å². The first kappa shape index (κ1) is 13.4. The standard InChI is InChI=1S/C12H13N3O3S/c1-7(16)5-10(17)15(2)6-9-13-8-3-4-19-11(8)12(18)14-9/h3-4H,5-6H2,1-2H3,(H,13,14,18). The van der Waals surface area contributed by atoms with Crippen LogP contribution in [-0.2, 0) is 16.1 Å². The largest absolute Gasteiger partial charge is 0.338 e. The highest BCUT2D eigenvalue weighted by Gasteiger charge is 2.13. The molecular formula is C12H13N3O3S. The zero-order valence-electron chi connectivity index (χ0n) is 10.6. The Hall–Kier alpha value is -2.02. The topological polar surface area (TPSA) is 83.1 Å². The van der Waals surface area contributed by atoms with Crippen molar-refractivity contribution in [3.63, 3.8) is 0 Å². The number of thiophene rings is 1. The maximum atomic E-state index is 11.7. The van der Waals surface area contributed by atoms with Gasteiger partial charge in [-0.3, -0.25) is 14.4 Å². The van der Waals surface area contributed by atoms with Crippen LogP contribution in [0.25, 0.3) is 10.2 Å². The van der Waals surface area contributed by atoms with Crippen LogP contribution < -0.4 is 5.56 Å². The molecule has 0 fully saturated rings. The molecule has 0 aromatic carbocycles. The molecule has 0 unspecified atom stereocenters. The lowest BCUT2D eigenvalue weighted by molar-refractivity contribution is -0.134. The highest BCUT2D eigenvalue weighted by atomic mass is 32.1. The fraction of sp³-hybridized carbons (Fsp3) is 0.333. The Morgan fingerprint density at radius 1 is 1.47 bits per heavy atom. The highest BCUT2D eigenvalue weighted by molar-refractivity contribution is 7.17. The molecule has 1 amide bonds. The summed E-state index contributed by atoms with van der Waals surface area (Å²) in [7, 11) is 1.57. The predicted octanol–water partition coefficient (Wildman–Crippen LogP) is 0.922. The van der Waals surface area contributed by atoms with Gasteiger partial charge in [0.2, 0.25) is 5.91 Å². The van der Waals surface area contributed by atoms with E-state index in [1.54, 1.807) is 18.5 Å². The second kappa shape index (κ2) is 5.31. The lowest BCUT2D eigenvalue weighted by Crippen LogP contribution is -2.29. The molecule has 0 aliphatic rings. The molecule has 2 rings (SSSR count). The average Bonchev–Trinajstić information content (AvgIpc) is 2.76. The number of hydrogen-bond donors (Lipinski definition) is 1. The number of hydrogen-bond acceptors (Lipinski definition) is 5. The second-order valence-electron chi connectivity index (χ2n) is 4.28. The summed E-state index contributed by atoms with van der Waals surface area (Å²) in [5, 5.41) is 1.79. The summed E-state index contributed by atoms with van der Waals surface area (Å²) in [6, 6.07) is 1.76. The van der Waals surface area contributed by atoms with Gasteiger partial charge in [-0.05, 0) is 18.4 Å². The molecule has 0 aliphatic heterocycles. The average molecular weight is 279 g/mol. The molecule has 1 N–H and O–H groups in total. The SMILES string of the molecule is CC(=O)CC(=O)N(C)Cc1nc2ccsc2c(=O)[nH]1. The van der Waals surface area contributed by atoms with Gasteiger partial charge in [0.25, 0.3) is 5.56 Å². The number of fused-ring (bicyclic) bond motifs is 1. The van der Waals surface area contributed by atoms with Crippen molar-refractivity contribution in [3.05, 3.63) is 27.6 Å². The Bertz CT molecular complexity index is 689. The number of H-pyrrole nitrogens is 1. The van der Waals surface area contributed by atoms with Crippen molar-refractivity contribution in [2.45, 2.75) is 19.9 Å². The Morgan fingerprint density at radius 3 is 2.89 bits per heavy atom. The Kier molecular flexibility index (Phi) is 3.75. The van der Waals surface area contributed by atoms with Gasteiger partial charge < -0.3 is 9.88 Å². The third-order valence-corrected chi connectivity index (χ3v) is 3.48. The molecule has 2 aromatic rings. The first-order valence-corrected chi connectivity index (χ1v) is 6.55. The minimum atomic E-state index is -0.291. The van der Waals surface area contributed by atoms with E-state index in [4.69, 9.17) is 0 Å². The van der Waals surface area contributed by atoms with Crippen molar-refractivity contribution in [2.24, 2.45) is 0 Å². The molecule has 0 atom stereocenters. The number of nitrogens with zero attached hydrogens (tertiary/aromatic N) is 2. The number of aromatic nitrogens is 2. The fourth-order valence-electron chi connectivity index (χ4n) is 1.66. The van der Waals surface area contributed by atoms with Crippen LogP contribution >= 0.6 is 11.3 Å². The smallest absolute Gasteiger partial charge is 0.268 e. The molecule has 0 aliphatic carbocycles. The number of carbonyl (C=O) groups excluding carboxylic acids is 2. The van der Waals surface area contributed by atoms with E-state index in [2.05, 4.69) is 9.97 Å². The lowest BCUT2D eigenvalue weighted by Gasteiger charge is -2.15. The molecule has 100 valence electrons. The molecule has 6 nitrogen and oxygen atoms in total. The number of amides is 1. The first-order valence-electron chi connectivity index (χ1n) is 5.67. The number of nitrogens with one attached hydrogen (secondary N) is 1. The van der Waals surface area contributed by atoms with Crippen LogP contribution in [0, 0.1) is 0 Å². The van der Waals surface area contributed by atoms with Gasteiger partial charge in [0.05, 0.1) is 18.5 Å². The number of aromatic amines is 1. The quantitative estimate of drug-likeness (QED) is 0.844. The maximum Gasteiger partial charge on any atom is 0.268 e. The van der Waals surface area contributed by atoms with Crippen LogP contribution in [0.5, 0.6) is 0 Å². The molecule has 2 aromatic heterocycles. The van der Waals surface area contributed by atoms with Gasteiger partial charge in [-0.15, -0.1) is 11.3 Å². The van der Waals surface area contributed by atoms with E-state index < -0.39 is 0 Å². The fourth-order valence-corrected chi connectivity index (χ4v) is 2.38. The van der Waals surface area contributed by atoms with E-state index in [1.807, 2.05) is 0 Å². The summed E-state index contributed by atoms with van der Waals surface area (Å²) < 4.78 is 0.571.